The van der Waals surface area contributed by atoms with Crippen molar-refractivity contribution in [1.82, 2.24) is 20.9 Å². The van der Waals surface area contributed by atoms with Gasteiger partial charge >= 0.3 is 6.18 Å². The molecular weight excluding hydrogens is 468 g/mol. The standard InChI is InChI=1S/C21H21ClF4N4O3/c22-16-3-2-15(8-17(16)23)33-11-19(31)30-13-1-4-18(28-9-13)20(32)29-10-14-7-12(5-6-27-14)21(24,25)26/h2-3,5-8,13,18,28H,1,4,9-11H2,(H,29,32)(H,30,31)/t13-,18+/m0/s1. The molecule has 12 heteroatoms. The van der Waals surface area contributed by atoms with E-state index in [1.54, 1.807) is 0 Å². The van der Waals surface area contributed by atoms with Crippen LogP contribution in [-0.2, 0) is 22.3 Å². The van der Waals surface area contributed by atoms with Crippen LogP contribution in [0, 0.1) is 5.82 Å². The van der Waals surface area contributed by atoms with Gasteiger partial charge in [0.25, 0.3) is 5.91 Å². The molecule has 3 N–H and O–H groups in total. The van der Waals surface area contributed by atoms with Gasteiger partial charge in [-0.2, -0.15) is 13.2 Å². The highest BCUT2D eigenvalue weighted by Gasteiger charge is 2.31. The van der Waals surface area contributed by atoms with E-state index in [1.165, 1.54) is 12.1 Å². The van der Waals surface area contributed by atoms with Crippen LogP contribution in [-0.4, -0.2) is 42.0 Å². The lowest BCUT2D eigenvalue weighted by atomic mass is 10.00. The molecule has 3 rings (SSSR count). The van der Waals surface area contributed by atoms with Crippen LogP contribution < -0.4 is 20.7 Å². The van der Waals surface area contributed by atoms with Gasteiger partial charge in [0.1, 0.15) is 11.6 Å². The highest BCUT2D eigenvalue weighted by atomic mass is 35.5. The lowest BCUT2D eigenvalue weighted by Gasteiger charge is -2.29. The number of ether oxygens (including phenoxy) is 1. The van der Waals surface area contributed by atoms with Crippen molar-refractivity contribution in [2.45, 2.75) is 37.6 Å². The lowest BCUT2D eigenvalue weighted by Crippen LogP contribution is -2.54. The average Bonchev–Trinajstić information content (AvgIpc) is 2.78. The number of hydrogen-bond donors (Lipinski definition) is 3. The smallest absolute Gasteiger partial charge is 0.416 e. The zero-order valence-electron chi connectivity index (χ0n) is 17.2. The number of rotatable bonds is 7. The Morgan fingerprint density at radius 3 is 2.67 bits per heavy atom. The number of pyridine rings is 1. The first kappa shape index (κ1) is 24.7. The number of aromatic nitrogens is 1. The van der Waals surface area contributed by atoms with Crippen molar-refractivity contribution in [3.05, 3.63) is 58.6 Å². The molecule has 7 nitrogen and oxygen atoms in total. The molecule has 2 amide bonds. The molecule has 33 heavy (non-hydrogen) atoms. The summed E-state index contributed by atoms with van der Waals surface area (Å²) in [4.78, 5) is 28.2. The molecule has 0 spiro atoms. The van der Waals surface area contributed by atoms with E-state index >= 15 is 0 Å². The van der Waals surface area contributed by atoms with Gasteiger partial charge in [-0.05, 0) is 37.1 Å². The number of hydrogen-bond acceptors (Lipinski definition) is 5. The van der Waals surface area contributed by atoms with E-state index in [0.29, 0.717) is 19.4 Å². The molecular formula is C21H21ClF4N4O3. The van der Waals surface area contributed by atoms with Crippen LogP contribution in [0.25, 0.3) is 0 Å². The van der Waals surface area contributed by atoms with E-state index in [4.69, 9.17) is 16.3 Å². The fourth-order valence-corrected chi connectivity index (χ4v) is 3.36. The van der Waals surface area contributed by atoms with E-state index in [-0.39, 0.29) is 41.6 Å². The number of benzene rings is 1. The van der Waals surface area contributed by atoms with E-state index in [9.17, 15) is 27.2 Å². The molecule has 2 heterocycles. The Balaban J connectivity index is 1.38. The zero-order chi connectivity index (χ0) is 24.0. The van der Waals surface area contributed by atoms with E-state index in [0.717, 1.165) is 24.4 Å². The van der Waals surface area contributed by atoms with E-state index in [2.05, 4.69) is 20.9 Å². The topological polar surface area (TPSA) is 92.3 Å². The highest BCUT2D eigenvalue weighted by molar-refractivity contribution is 6.30. The monoisotopic (exact) mass is 488 g/mol. The third kappa shape index (κ3) is 7.29. The Bertz CT molecular complexity index is 998. The molecule has 0 radical (unpaired) electrons. The maximum absolute atomic E-state index is 13.4. The van der Waals surface area contributed by atoms with Crippen molar-refractivity contribution in [1.29, 1.82) is 0 Å². The summed E-state index contributed by atoms with van der Waals surface area (Å²) in [5.41, 5.74) is -0.735. The molecule has 1 fully saturated rings. The van der Waals surface area contributed by atoms with Gasteiger partial charge in [-0.25, -0.2) is 4.39 Å². The third-order valence-corrected chi connectivity index (χ3v) is 5.25. The number of piperidine rings is 1. The predicted molar refractivity (Wildman–Crippen MR) is 111 cm³/mol. The second-order valence-corrected chi connectivity index (χ2v) is 7.83. The van der Waals surface area contributed by atoms with Crippen molar-refractivity contribution >= 4 is 23.4 Å². The molecule has 1 aliphatic heterocycles. The van der Waals surface area contributed by atoms with Gasteiger partial charge in [-0.3, -0.25) is 14.6 Å². The van der Waals surface area contributed by atoms with Crippen molar-refractivity contribution in [3.8, 4) is 5.75 Å². The Morgan fingerprint density at radius 2 is 2.00 bits per heavy atom. The fraction of sp³-hybridized carbons (Fsp3) is 0.381. The van der Waals surface area contributed by atoms with Gasteiger partial charge in [0.15, 0.2) is 6.61 Å². The lowest BCUT2D eigenvalue weighted by molar-refractivity contribution is -0.137. The average molecular weight is 489 g/mol. The summed E-state index contributed by atoms with van der Waals surface area (Å²) in [6.07, 6.45) is -2.52. The zero-order valence-corrected chi connectivity index (χ0v) is 18.0. The molecule has 0 saturated carbocycles. The van der Waals surface area contributed by atoms with Crippen LogP contribution in [0.5, 0.6) is 5.75 Å². The maximum atomic E-state index is 13.4. The number of carbonyl (C=O) groups is 2. The number of alkyl halides is 3. The molecule has 178 valence electrons. The minimum atomic E-state index is -4.48. The van der Waals surface area contributed by atoms with Crippen LogP contribution in [0.2, 0.25) is 5.02 Å². The van der Waals surface area contributed by atoms with Gasteiger partial charge in [0.05, 0.1) is 28.9 Å². The summed E-state index contributed by atoms with van der Waals surface area (Å²) < 4.78 is 56.9. The van der Waals surface area contributed by atoms with Gasteiger partial charge < -0.3 is 20.7 Å². The molecule has 0 bridgehead atoms. The summed E-state index contributed by atoms with van der Waals surface area (Å²) in [7, 11) is 0. The molecule has 2 atom stereocenters. The van der Waals surface area contributed by atoms with E-state index < -0.39 is 29.5 Å². The van der Waals surface area contributed by atoms with Crippen molar-refractivity contribution in [2.75, 3.05) is 13.2 Å². The number of carbonyl (C=O) groups excluding carboxylic acids is 2. The maximum Gasteiger partial charge on any atom is 0.416 e. The summed E-state index contributed by atoms with van der Waals surface area (Å²) in [6.45, 7) is -0.129. The Labute approximate surface area is 191 Å². The molecule has 1 aromatic heterocycles. The first-order valence-electron chi connectivity index (χ1n) is 10.0. The molecule has 1 aromatic carbocycles. The minimum absolute atomic E-state index is 0.0511. The van der Waals surface area contributed by atoms with Gasteiger partial charge in [0, 0.05) is 24.8 Å². The second-order valence-electron chi connectivity index (χ2n) is 7.42. The molecule has 1 saturated heterocycles. The van der Waals surface area contributed by atoms with E-state index in [1.807, 2.05) is 0 Å². The Kier molecular flexibility index (Phi) is 8.09. The normalized spacial score (nSPS) is 18.5. The Morgan fingerprint density at radius 1 is 1.21 bits per heavy atom. The molecule has 0 unspecified atom stereocenters. The largest absolute Gasteiger partial charge is 0.484 e. The van der Waals surface area contributed by atoms with Crippen LogP contribution >= 0.6 is 11.6 Å². The Hall–Kier alpha value is -2.92. The van der Waals surface area contributed by atoms with Crippen molar-refractivity contribution in [3.63, 3.8) is 0 Å². The van der Waals surface area contributed by atoms with Crippen LogP contribution in [0.15, 0.2) is 36.5 Å². The summed E-state index contributed by atoms with van der Waals surface area (Å²) in [6, 6.07) is 4.81. The van der Waals surface area contributed by atoms with Crippen molar-refractivity contribution < 1.29 is 31.9 Å². The fourth-order valence-electron chi connectivity index (χ4n) is 3.24. The first-order valence-corrected chi connectivity index (χ1v) is 10.4. The van der Waals surface area contributed by atoms with Crippen LogP contribution in [0.3, 0.4) is 0 Å². The highest BCUT2D eigenvalue weighted by Crippen LogP contribution is 2.29. The van der Waals surface area contributed by atoms with Gasteiger partial charge in [0.2, 0.25) is 5.91 Å². The van der Waals surface area contributed by atoms with Crippen LogP contribution in [0.4, 0.5) is 17.6 Å². The summed E-state index contributed by atoms with van der Waals surface area (Å²) >= 11 is 5.59. The molecule has 0 aliphatic carbocycles. The van der Waals surface area contributed by atoms with Crippen molar-refractivity contribution in [2.24, 2.45) is 0 Å². The number of nitrogens with one attached hydrogen (secondary N) is 3. The molecule has 1 aliphatic rings. The summed E-state index contributed by atoms with van der Waals surface area (Å²) in [5, 5.41) is 8.28. The van der Waals surface area contributed by atoms with Gasteiger partial charge in [-0.1, -0.05) is 11.6 Å². The number of halogens is 5. The number of nitrogens with zero attached hydrogens (tertiary/aromatic N) is 1. The third-order valence-electron chi connectivity index (χ3n) is 4.94. The molecule has 2 aromatic rings. The summed E-state index contributed by atoms with van der Waals surface area (Å²) in [5.74, 6) is -1.26. The SMILES string of the molecule is O=C(COc1ccc(Cl)c(F)c1)N[C@H]1CC[C@H](C(=O)NCc2cc(C(F)(F)F)ccn2)NC1. The predicted octanol–water partition coefficient (Wildman–Crippen LogP) is 2.82. The first-order chi connectivity index (χ1) is 15.6. The van der Waals surface area contributed by atoms with Gasteiger partial charge in [-0.15, -0.1) is 0 Å². The second kappa shape index (κ2) is 10.8. The quantitative estimate of drug-likeness (QED) is 0.521. The van der Waals surface area contributed by atoms with Crippen LogP contribution in [0.1, 0.15) is 24.1 Å². The minimum Gasteiger partial charge on any atom is -0.484 e. The number of amides is 2.